The predicted molar refractivity (Wildman–Crippen MR) is 87.7 cm³/mol. The van der Waals surface area contributed by atoms with Crippen LogP contribution in [0.3, 0.4) is 0 Å². The van der Waals surface area contributed by atoms with Crippen LogP contribution < -0.4 is 10.1 Å². The zero-order valence-electron chi connectivity index (χ0n) is 11.9. The largest absolute Gasteiger partial charge is 0.493 e. The molecule has 0 amide bonds. The first-order valence-corrected chi connectivity index (χ1v) is 8.20. The van der Waals surface area contributed by atoms with Crippen LogP contribution >= 0.6 is 22.9 Å². The van der Waals surface area contributed by atoms with Crippen molar-refractivity contribution in [3.8, 4) is 5.75 Å². The van der Waals surface area contributed by atoms with Crippen molar-refractivity contribution in [2.24, 2.45) is 0 Å². The van der Waals surface area contributed by atoms with Crippen molar-refractivity contribution in [1.82, 2.24) is 4.98 Å². The summed E-state index contributed by atoms with van der Waals surface area (Å²) in [5.41, 5.74) is 3.88. The Morgan fingerprint density at radius 1 is 1.38 bits per heavy atom. The van der Waals surface area contributed by atoms with E-state index in [4.69, 9.17) is 16.3 Å². The number of hydrogen-bond acceptors (Lipinski definition) is 5. The van der Waals surface area contributed by atoms with E-state index < -0.39 is 6.10 Å². The number of aliphatic hydroxyl groups excluding tert-OH is 1. The maximum Gasteiger partial charge on any atom is 0.119 e. The number of benzene rings is 1. The predicted octanol–water partition coefficient (Wildman–Crippen LogP) is 3.08. The summed E-state index contributed by atoms with van der Waals surface area (Å²) in [5, 5.41) is 12.5. The zero-order valence-corrected chi connectivity index (χ0v) is 13.5. The Balaban J connectivity index is 1.76. The molecule has 114 valence electrons. The summed E-state index contributed by atoms with van der Waals surface area (Å²) in [5.74, 6) is 1.06. The second-order valence-electron chi connectivity index (χ2n) is 4.67. The number of ether oxygens (including phenoxy) is 1. The molecule has 2 rings (SSSR count). The average molecular weight is 327 g/mol. The van der Waals surface area contributed by atoms with E-state index >= 15 is 0 Å². The van der Waals surface area contributed by atoms with Crippen LogP contribution in [0.1, 0.15) is 10.6 Å². The lowest BCUT2D eigenvalue weighted by molar-refractivity contribution is 0.211. The minimum atomic E-state index is -0.537. The molecule has 4 nitrogen and oxygen atoms in total. The van der Waals surface area contributed by atoms with Crippen molar-refractivity contribution in [3.05, 3.63) is 40.3 Å². The van der Waals surface area contributed by atoms with Crippen LogP contribution in [0.5, 0.6) is 5.75 Å². The second kappa shape index (κ2) is 8.22. The van der Waals surface area contributed by atoms with E-state index in [9.17, 15) is 5.11 Å². The first-order valence-electron chi connectivity index (χ1n) is 6.78. The molecule has 0 spiro atoms. The fourth-order valence-electron chi connectivity index (χ4n) is 1.79. The standard InChI is InChI=1S/C15H19ClN2O2S/c1-11-15(21-10-18-11)6-7-20-14-4-2-12(3-5-14)17-9-13(19)8-16/h2-5,10,13,17,19H,6-9H2,1H3. The number of aliphatic hydroxyl groups is 1. The third-order valence-corrected chi connectivity index (χ3v) is 4.37. The molecule has 0 fully saturated rings. The Kier molecular flexibility index (Phi) is 6.29. The number of alkyl halides is 1. The Bertz CT molecular complexity index is 545. The third kappa shape index (κ3) is 5.19. The summed E-state index contributed by atoms with van der Waals surface area (Å²) >= 11 is 7.20. The highest BCUT2D eigenvalue weighted by Gasteiger charge is 2.03. The van der Waals surface area contributed by atoms with Gasteiger partial charge in [0.25, 0.3) is 0 Å². The quantitative estimate of drug-likeness (QED) is 0.732. The first-order chi connectivity index (χ1) is 10.2. The van der Waals surface area contributed by atoms with Gasteiger partial charge in [0, 0.05) is 23.5 Å². The Morgan fingerprint density at radius 2 is 2.14 bits per heavy atom. The number of rotatable bonds is 8. The number of hydrogen-bond donors (Lipinski definition) is 2. The van der Waals surface area contributed by atoms with Crippen molar-refractivity contribution >= 4 is 28.6 Å². The molecule has 0 saturated heterocycles. The Labute approximate surface area is 133 Å². The lowest BCUT2D eigenvalue weighted by atomic mass is 10.3. The SMILES string of the molecule is Cc1ncsc1CCOc1ccc(NCC(O)CCl)cc1. The molecule has 1 atom stereocenters. The topological polar surface area (TPSA) is 54.4 Å². The lowest BCUT2D eigenvalue weighted by Gasteiger charge is -2.11. The van der Waals surface area contributed by atoms with E-state index in [0.29, 0.717) is 13.2 Å². The van der Waals surface area contributed by atoms with Gasteiger partial charge in [-0.15, -0.1) is 22.9 Å². The molecule has 1 aromatic heterocycles. The molecule has 21 heavy (non-hydrogen) atoms. The maximum absolute atomic E-state index is 9.38. The molecule has 1 heterocycles. The number of aromatic nitrogens is 1. The van der Waals surface area contributed by atoms with E-state index in [-0.39, 0.29) is 5.88 Å². The average Bonchev–Trinajstić information content (AvgIpc) is 2.91. The van der Waals surface area contributed by atoms with E-state index in [1.807, 2.05) is 36.7 Å². The normalized spacial score (nSPS) is 12.1. The highest BCUT2D eigenvalue weighted by Crippen LogP contribution is 2.17. The highest BCUT2D eigenvalue weighted by molar-refractivity contribution is 7.09. The smallest absolute Gasteiger partial charge is 0.119 e. The fraction of sp³-hybridized carbons (Fsp3) is 0.400. The Hall–Kier alpha value is -1.30. The summed E-state index contributed by atoms with van der Waals surface area (Å²) in [7, 11) is 0. The number of anilines is 1. The fourth-order valence-corrected chi connectivity index (χ4v) is 2.66. The molecule has 0 aliphatic carbocycles. The third-order valence-electron chi connectivity index (χ3n) is 3.02. The summed E-state index contributed by atoms with van der Waals surface area (Å²) < 4.78 is 5.72. The number of halogens is 1. The van der Waals surface area contributed by atoms with Crippen LogP contribution in [-0.4, -0.2) is 35.2 Å². The van der Waals surface area contributed by atoms with Gasteiger partial charge in [0.05, 0.1) is 29.8 Å². The number of thiazole rings is 1. The van der Waals surface area contributed by atoms with Gasteiger partial charge in [-0.05, 0) is 31.2 Å². The van der Waals surface area contributed by atoms with Crippen LogP contribution in [0, 0.1) is 6.92 Å². The molecule has 0 saturated carbocycles. The molecule has 2 N–H and O–H groups in total. The van der Waals surface area contributed by atoms with Gasteiger partial charge in [0.15, 0.2) is 0 Å². The van der Waals surface area contributed by atoms with Gasteiger partial charge in [-0.25, -0.2) is 4.98 Å². The summed E-state index contributed by atoms with van der Waals surface area (Å²) in [4.78, 5) is 5.49. The zero-order chi connectivity index (χ0) is 15.1. The molecule has 0 aliphatic heterocycles. The summed E-state index contributed by atoms with van der Waals surface area (Å²) in [6, 6.07) is 7.67. The molecular formula is C15H19ClN2O2S. The first kappa shape index (κ1) is 16.1. The van der Waals surface area contributed by atoms with Crippen molar-refractivity contribution in [3.63, 3.8) is 0 Å². The molecule has 1 aromatic carbocycles. The van der Waals surface area contributed by atoms with E-state index in [1.54, 1.807) is 11.3 Å². The van der Waals surface area contributed by atoms with Gasteiger partial charge < -0.3 is 15.2 Å². The van der Waals surface area contributed by atoms with Crippen molar-refractivity contribution < 1.29 is 9.84 Å². The number of aryl methyl sites for hydroxylation is 1. The van der Waals surface area contributed by atoms with Crippen molar-refractivity contribution in [2.45, 2.75) is 19.4 Å². The van der Waals surface area contributed by atoms with Crippen molar-refractivity contribution in [1.29, 1.82) is 0 Å². The lowest BCUT2D eigenvalue weighted by Crippen LogP contribution is -2.20. The molecule has 0 aliphatic rings. The molecular weight excluding hydrogens is 308 g/mol. The highest BCUT2D eigenvalue weighted by atomic mass is 35.5. The molecule has 6 heteroatoms. The van der Waals surface area contributed by atoms with E-state index in [2.05, 4.69) is 10.3 Å². The minimum Gasteiger partial charge on any atom is -0.493 e. The van der Waals surface area contributed by atoms with Gasteiger partial charge in [-0.2, -0.15) is 0 Å². The van der Waals surface area contributed by atoms with Gasteiger partial charge in [0.1, 0.15) is 5.75 Å². The molecule has 0 radical (unpaired) electrons. The van der Waals surface area contributed by atoms with Gasteiger partial charge in [-0.1, -0.05) is 0 Å². The second-order valence-corrected chi connectivity index (χ2v) is 5.92. The number of nitrogens with zero attached hydrogens (tertiary/aromatic N) is 1. The van der Waals surface area contributed by atoms with Gasteiger partial charge >= 0.3 is 0 Å². The molecule has 2 aromatic rings. The summed E-state index contributed by atoms with van der Waals surface area (Å²) in [6.45, 7) is 3.09. The van der Waals surface area contributed by atoms with Gasteiger partial charge in [-0.3, -0.25) is 0 Å². The maximum atomic E-state index is 9.38. The van der Waals surface area contributed by atoms with E-state index in [0.717, 1.165) is 23.6 Å². The van der Waals surface area contributed by atoms with Crippen molar-refractivity contribution in [2.75, 3.05) is 24.3 Å². The molecule has 0 bridgehead atoms. The van der Waals surface area contributed by atoms with Crippen LogP contribution in [0.2, 0.25) is 0 Å². The van der Waals surface area contributed by atoms with E-state index in [1.165, 1.54) is 4.88 Å². The number of nitrogens with one attached hydrogen (secondary N) is 1. The van der Waals surface area contributed by atoms with Gasteiger partial charge in [0.2, 0.25) is 0 Å². The minimum absolute atomic E-state index is 0.227. The van der Waals surface area contributed by atoms with Crippen LogP contribution in [0.25, 0.3) is 0 Å². The van der Waals surface area contributed by atoms with Crippen LogP contribution in [-0.2, 0) is 6.42 Å². The summed E-state index contributed by atoms with van der Waals surface area (Å²) in [6.07, 6.45) is 0.337. The Morgan fingerprint density at radius 3 is 2.76 bits per heavy atom. The van der Waals surface area contributed by atoms with Crippen LogP contribution in [0.4, 0.5) is 5.69 Å². The van der Waals surface area contributed by atoms with Crippen LogP contribution in [0.15, 0.2) is 29.8 Å². The monoisotopic (exact) mass is 326 g/mol. The molecule has 1 unspecified atom stereocenters.